The van der Waals surface area contributed by atoms with E-state index in [4.69, 9.17) is 9.26 Å². The first-order valence-corrected chi connectivity index (χ1v) is 8.03. The predicted octanol–water partition coefficient (Wildman–Crippen LogP) is 1.37. The van der Waals surface area contributed by atoms with Crippen LogP contribution in [0.2, 0.25) is 0 Å². The number of ether oxygens (including phenoxy) is 1. The van der Waals surface area contributed by atoms with E-state index in [1.165, 1.54) is 7.11 Å². The second kappa shape index (κ2) is 6.65. The Hall–Kier alpha value is -0.440. The first-order chi connectivity index (χ1) is 8.42. The lowest BCUT2D eigenvalue weighted by Gasteiger charge is -2.16. The Kier molecular flexibility index (Phi) is 5.77. The van der Waals surface area contributed by atoms with Crippen molar-refractivity contribution in [1.82, 2.24) is 9.88 Å². The Bertz CT molecular complexity index is 461. The Balaban J connectivity index is 2.93. The van der Waals surface area contributed by atoms with E-state index in [0.717, 1.165) is 0 Å². The molecular formula is C10H17BrN2O4S. The second-order valence-corrected chi connectivity index (χ2v) is 6.35. The Morgan fingerprint density at radius 2 is 2.17 bits per heavy atom. The third-order valence-corrected chi connectivity index (χ3v) is 4.61. The molecule has 0 aliphatic heterocycles. The quantitative estimate of drug-likeness (QED) is 0.758. The zero-order valence-corrected chi connectivity index (χ0v) is 13.0. The molecule has 1 aromatic rings. The normalized spacial score (nSPS) is 13.8. The highest BCUT2D eigenvalue weighted by Crippen LogP contribution is 2.19. The molecule has 1 aromatic heterocycles. The van der Waals surface area contributed by atoms with E-state index in [1.807, 2.05) is 0 Å². The second-order valence-electron chi connectivity index (χ2n) is 3.90. The van der Waals surface area contributed by atoms with Gasteiger partial charge in [-0.05, 0) is 20.3 Å². The number of alkyl halides is 1. The summed E-state index contributed by atoms with van der Waals surface area (Å²) in [5, 5.41) is 4.33. The van der Waals surface area contributed by atoms with Crippen molar-refractivity contribution in [2.75, 3.05) is 19.0 Å². The SMILES string of the molecule is COCC(CCBr)NS(=O)(=O)c1c(C)noc1C. The van der Waals surface area contributed by atoms with Crippen LogP contribution in [0.4, 0.5) is 0 Å². The number of hydrogen-bond acceptors (Lipinski definition) is 5. The molecule has 1 rings (SSSR count). The zero-order valence-electron chi connectivity index (χ0n) is 10.6. The molecule has 1 N–H and O–H groups in total. The van der Waals surface area contributed by atoms with Gasteiger partial charge in [-0.15, -0.1) is 0 Å². The Morgan fingerprint density at radius 1 is 1.50 bits per heavy atom. The first-order valence-electron chi connectivity index (χ1n) is 5.42. The van der Waals surface area contributed by atoms with Crippen LogP contribution in [0.1, 0.15) is 17.9 Å². The molecule has 0 amide bonds. The van der Waals surface area contributed by atoms with Gasteiger partial charge in [-0.3, -0.25) is 0 Å². The van der Waals surface area contributed by atoms with Gasteiger partial charge in [0.15, 0.2) is 5.76 Å². The molecule has 0 aromatic carbocycles. The summed E-state index contributed by atoms with van der Waals surface area (Å²) in [6, 6.07) is -0.284. The van der Waals surface area contributed by atoms with Crippen LogP contribution in [0, 0.1) is 13.8 Å². The van der Waals surface area contributed by atoms with E-state index in [0.29, 0.717) is 24.1 Å². The number of aromatic nitrogens is 1. The van der Waals surface area contributed by atoms with Gasteiger partial charge in [-0.1, -0.05) is 21.1 Å². The third-order valence-electron chi connectivity index (χ3n) is 2.38. The maximum Gasteiger partial charge on any atom is 0.246 e. The molecular weight excluding hydrogens is 324 g/mol. The van der Waals surface area contributed by atoms with Crippen molar-refractivity contribution in [1.29, 1.82) is 0 Å². The summed E-state index contributed by atoms with van der Waals surface area (Å²) in [6.45, 7) is 3.49. The smallest absolute Gasteiger partial charge is 0.246 e. The molecule has 18 heavy (non-hydrogen) atoms. The van der Waals surface area contributed by atoms with Crippen molar-refractivity contribution < 1.29 is 17.7 Å². The number of hydrogen-bond donors (Lipinski definition) is 1. The molecule has 0 fully saturated rings. The van der Waals surface area contributed by atoms with Crippen LogP contribution in [0.3, 0.4) is 0 Å². The summed E-state index contributed by atoms with van der Waals surface area (Å²) < 4.78 is 36.9. The van der Waals surface area contributed by atoms with Crippen LogP contribution in [0.15, 0.2) is 9.42 Å². The van der Waals surface area contributed by atoms with E-state index < -0.39 is 10.0 Å². The Labute approximate surface area is 115 Å². The first kappa shape index (κ1) is 15.6. The molecule has 104 valence electrons. The van der Waals surface area contributed by atoms with E-state index in [-0.39, 0.29) is 16.7 Å². The van der Waals surface area contributed by atoms with Gasteiger partial charge < -0.3 is 9.26 Å². The molecule has 6 nitrogen and oxygen atoms in total. The monoisotopic (exact) mass is 340 g/mol. The highest BCUT2D eigenvalue weighted by Gasteiger charge is 2.26. The minimum absolute atomic E-state index is 0.109. The third kappa shape index (κ3) is 3.78. The summed E-state index contributed by atoms with van der Waals surface area (Å²) in [7, 11) is -2.10. The van der Waals surface area contributed by atoms with Gasteiger partial charge >= 0.3 is 0 Å². The molecule has 1 unspecified atom stereocenters. The van der Waals surface area contributed by atoms with Crippen LogP contribution >= 0.6 is 15.9 Å². The van der Waals surface area contributed by atoms with Crippen molar-refractivity contribution in [2.24, 2.45) is 0 Å². The lowest BCUT2D eigenvalue weighted by Crippen LogP contribution is -2.38. The van der Waals surface area contributed by atoms with Crippen molar-refractivity contribution in [3.63, 3.8) is 0 Å². The van der Waals surface area contributed by atoms with Gasteiger partial charge in [0.05, 0.1) is 6.61 Å². The highest BCUT2D eigenvalue weighted by molar-refractivity contribution is 9.09. The van der Waals surface area contributed by atoms with E-state index in [9.17, 15) is 8.42 Å². The molecule has 0 radical (unpaired) electrons. The summed E-state index contributed by atoms with van der Waals surface area (Å²) in [5.74, 6) is 0.287. The molecule has 0 bridgehead atoms. The van der Waals surface area contributed by atoms with Crippen molar-refractivity contribution in [3.8, 4) is 0 Å². The summed E-state index contributed by atoms with van der Waals surface area (Å²) in [5.41, 5.74) is 0.356. The van der Waals surface area contributed by atoms with Gasteiger partial charge in [0, 0.05) is 18.5 Å². The fourth-order valence-electron chi connectivity index (χ4n) is 1.65. The average Bonchev–Trinajstić information content (AvgIpc) is 2.59. The topological polar surface area (TPSA) is 81.4 Å². The number of nitrogens with one attached hydrogen (secondary N) is 1. The van der Waals surface area contributed by atoms with Crippen molar-refractivity contribution in [2.45, 2.75) is 31.2 Å². The van der Waals surface area contributed by atoms with Gasteiger partial charge in [-0.2, -0.15) is 0 Å². The fourth-order valence-corrected chi connectivity index (χ4v) is 3.78. The molecule has 0 aliphatic rings. The summed E-state index contributed by atoms with van der Waals surface area (Å²) in [4.78, 5) is 0.109. The molecule has 0 aliphatic carbocycles. The van der Waals surface area contributed by atoms with E-state index in [2.05, 4.69) is 25.8 Å². The van der Waals surface area contributed by atoms with Crippen LogP contribution in [0.25, 0.3) is 0 Å². The number of methoxy groups -OCH3 is 1. The minimum Gasteiger partial charge on any atom is -0.383 e. The van der Waals surface area contributed by atoms with Gasteiger partial charge in [0.2, 0.25) is 10.0 Å². The summed E-state index contributed by atoms with van der Waals surface area (Å²) in [6.07, 6.45) is 0.635. The van der Waals surface area contributed by atoms with Gasteiger partial charge in [0.1, 0.15) is 10.6 Å². The molecule has 0 spiro atoms. The molecule has 1 atom stereocenters. The van der Waals surface area contributed by atoms with E-state index in [1.54, 1.807) is 13.8 Å². The predicted molar refractivity (Wildman–Crippen MR) is 70.4 cm³/mol. The number of aryl methyl sites for hydroxylation is 2. The number of rotatable bonds is 7. The average molecular weight is 341 g/mol. The maximum absolute atomic E-state index is 12.2. The van der Waals surface area contributed by atoms with Gasteiger partial charge in [-0.25, -0.2) is 13.1 Å². The van der Waals surface area contributed by atoms with Crippen LogP contribution in [-0.4, -0.2) is 38.7 Å². The fraction of sp³-hybridized carbons (Fsp3) is 0.700. The maximum atomic E-state index is 12.2. The highest BCUT2D eigenvalue weighted by atomic mass is 79.9. The number of halogens is 1. The zero-order chi connectivity index (χ0) is 13.8. The largest absolute Gasteiger partial charge is 0.383 e. The number of sulfonamides is 1. The molecule has 0 saturated carbocycles. The standard InChI is InChI=1S/C10H17BrN2O4S/c1-7-10(8(2)17-12-7)18(14,15)13-9(4-5-11)6-16-3/h9,13H,4-6H2,1-3H3. The minimum atomic E-state index is -3.63. The summed E-state index contributed by atoms with van der Waals surface area (Å²) >= 11 is 3.28. The van der Waals surface area contributed by atoms with E-state index >= 15 is 0 Å². The molecule has 0 saturated heterocycles. The van der Waals surface area contributed by atoms with Gasteiger partial charge in [0.25, 0.3) is 0 Å². The molecule has 8 heteroatoms. The number of nitrogens with zero attached hydrogens (tertiary/aromatic N) is 1. The lowest BCUT2D eigenvalue weighted by atomic mass is 10.3. The molecule has 1 heterocycles. The van der Waals surface area contributed by atoms with Crippen molar-refractivity contribution in [3.05, 3.63) is 11.5 Å². The van der Waals surface area contributed by atoms with Crippen LogP contribution in [0.5, 0.6) is 0 Å². The van der Waals surface area contributed by atoms with Crippen LogP contribution < -0.4 is 4.72 Å². The Morgan fingerprint density at radius 3 is 2.61 bits per heavy atom. The lowest BCUT2D eigenvalue weighted by molar-refractivity contribution is 0.173. The van der Waals surface area contributed by atoms with Crippen LogP contribution in [-0.2, 0) is 14.8 Å². The van der Waals surface area contributed by atoms with Crippen molar-refractivity contribution >= 4 is 26.0 Å².